The molecule has 162 valence electrons. The van der Waals surface area contributed by atoms with Crippen molar-refractivity contribution in [3.8, 4) is 17.1 Å². The summed E-state index contributed by atoms with van der Waals surface area (Å²) in [6, 6.07) is 3.74. The lowest BCUT2D eigenvalue weighted by Crippen LogP contribution is -2.29. The van der Waals surface area contributed by atoms with Crippen LogP contribution in [0.3, 0.4) is 0 Å². The number of pyridine rings is 1. The van der Waals surface area contributed by atoms with Crippen LogP contribution in [0.25, 0.3) is 17.5 Å². The Morgan fingerprint density at radius 2 is 2.07 bits per heavy atom. The number of carboxylic acid groups (broad SMARTS) is 1. The second-order valence-electron chi connectivity index (χ2n) is 8.70. The normalized spacial score (nSPS) is 19.8. The van der Waals surface area contributed by atoms with E-state index in [-0.39, 0.29) is 12.0 Å². The van der Waals surface area contributed by atoms with Gasteiger partial charge in [0.05, 0.1) is 35.4 Å². The molecule has 2 atom stereocenters. The van der Waals surface area contributed by atoms with Gasteiger partial charge in [-0.05, 0) is 70.5 Å². The number of aromatic nitrogens is 4. The van der Waals surface area contributed by atoms with Gasteiger partial charge in [-0.1, -0.05) is 5.21 Å². The molecule has 0 radical (unpaired) electrons. The minimum atomic E-state index is -1.66. The first kappa shape index (κ1) is 22.0. The van der Waals surface area contributed by atoms with Crippen molar-refractivity contribution in [1.82, 2.24) is 20.0 Å². The van der Waals surface area contributed by atoms with E-state index in [1.54, 1.807) is 10.9 Å². The van der Waals surface area contributed by atoms with Crippen LogP contribution < -0.4 is 4.74 Å². The molecule has 1 aliphatic rings. The number of rotatable bonds is 7. The molecule has 1 aliphatic carbocycles. The molecule has 0 unspecified atom stereocenters. The van der Waals surface area contributed by atoms with Crippen LogP contribution in [0.2, 0.25) is 19.6 Å². The molecule has 0 bridgehead atoms. The number of hydrogen-bond donors (Lipinski definition) is 1. The smallest absolute Gasteiger partial charge is 0.306 e. The second-order valence-corrected chi connectivity index (χ2v) is 13.2. The van der Waals surface area contributed by atoms with Gasteiger partial charge in [0, 0.05) is 7.05 Å². The number of nitrogens with zero attached hydrogens (tertiary/aromatic N) is 4. The van der Waals surface area contributed by atoms with Gasteiger partial charge in [-0.25, -0.2) is 9.67 Å². The topological polar surface area (TPSA) is 99.4 Å². The number of aryl methyl sites for hydroxylation is 2. The first-order valence-electron chi connectivity index (χ1n) is 10.3. The molecule has 0 amide bonds. The summed E-state index contributed by atoms with van der Waals surface area (Å²) in [6.07, 6.45) is 6.45. The molecule has 1 saturated carbocycles. The van der Waals surface area contributed by atoms with E-state index in [1.165, 1.54) is 0 Å². The van der Waals surface area contributed by atoms with Crippen LogP contribution in [-0.4, -0.2) is 45.5 Å². The largest absolute Gasteiger partial charge is 0.550 e. The number of carboxylic acids is 1. The number of carbonyl (C=O) groups is 1. The quantitative estimate of drug-likeness (QED) is 0.523. The molecule has 2 aromatic rings. The van der Waals surface area contributed by atoms with Gasteiger partial charge in [0.15, 0.2) is 0 Å². The summed E-state index contributed by atoms with van der Waals surface area (Å²) in [4.78, 5) is 16.0. The Balaban J connectivity index is 1.77. The summed E-state index contributed by atoms with van der Waals surface area (Å²) in [7, 11) is 0.170. The Labute approximate surface area is 178 Å². The summed E-state index contributed by atoms with van der Waals surface area (Å²) in [5, 5.41) is 17.7. The molecular weight excluding hydrogens is 400 g/mol. The standard InChI is InChI=1S/C21H30N4O4Si/c1-14-19(29-16-8-6-7-15(13-16)21(26)27)10-9-17(22-14)20-18(25(2)24-23-20)11-12-28-30(3,4)5/h9-12,15-16H,6-8,13H2,1-5H3,(H,26,27)/b12-11+/t15-,16-/m0/s1. The van der Waals surface area contributed by atoms with E-state index in [0.29, 0.717) is 23.6 Å². The van der Waals surface area contributed by atoms with Crippen molar-refractivity contribution < 1.29 is 19.1 Å². The molecule has 3 rings (SSSR count). The van der Waals surface area contributed by atoms with Gasteiger partial charge in [-0.3, -0.25) is 4.79 Å². The fourth-order valence-electron chi connectivity index (χ4n) is 3.50. The average Bonchev–Trinajstić information content (AvgIpc) is 3.03. The van der Waals surface area contributed by atoms with Gasteiger partial charge >= 0.3 is 5.97 Å². The first-order chi connectivity index (χ1) is 14.1. The lowest BCUT2D eigenvalue weighted by atomic mass is 9.87. The minimum Gasteiger partial charge on any atom is -0.550 e. The molecule has 9 heteroatoms. The highest BCUT2D eigenvalue weighted by Gasteiger charge is 2.28. The van der Waals surface area contributed by atoms with E-state index < -0.39 is 14.3 Å². The average molecular weight is 431 g/mol. The number of aliphatic carboxylic acids is 1. The van der Waals surface area contributed by atoms with E-state index in [2.05, 4.69) is 34.9 Å². The highest BCUT2D eigenvalue weighted by molar-refractivity contribution is 6.69. The predicted octanol–water partition coefficient (Wildman–Crippen LogP) is 4.03. The Kier molecular flexibility index (Phi) is 6.60. The lowest BCUT2D eigenvalue weighted by Gasteiger charge is -2.27. The first-order valence-corrected chi connectivity index (χ1v) is 13.7. The highest BCUT2D eigenvalue weighted by atomic mass is 28.4. The van der Waals surface area contributed by atoms with Crippen LogP contribution in [0, 0.1) is 12.8 Å². The number of hydrogen-bond acceptors (Lipinski definition) is 6. The molecule has 0 spiro atoms. The van der Waals surface area contributed by atoms with Gasteiger partial charge in [0.2, 0.25) is 8.32 Å². The Morgan fingerprint density at radius 3 is 2.73 bits per heavy atom. The zero-order valence-electron chi connectivity index (χ0n) is 18.3. The van der Waals surface area contributed by atoms with Crippen LogP contribution in [-0.2, 0) is 16.3 Å². The molecule has 1 N–H and O–H groups in total. The van der Waals surface area contributed by atoms with Crippen LogP contribution in [0.15, 0.2) is 18.4 Å². The van der Waals surface area contributed by atoms with Crippen molar-refractivity contribution in [3.05, 3.63) is 29.8 Å². The maximum absolute atomic E-state index is 11.3. The fourth-order valence-corrected chi connectivity index (χ4v) is 3.97. The van der Waals surface area contributed by atoms with Gasteiger partial charge in [-0.2, -0.15) is 0 Å². The zero-order valence-corrected chi connectivity index (χ0v) is 19.3. The van der Waals surface area contributed by atoms with E-state index in [0.717, 1.165) is 30.7 Å². The summed E-state index contributed by atoms with van der Waals surface area (Å²) in [5.41, 5.74) is 2.92. The van der Waals surface area contributed by atoms with Gasteiger partial charge in [0.25, 0.3) is 0 Å². The van der Waals surface area contributed by atoms with Crippen LogP contribution in [0.4, 0.5) is 0 Å². The van der Waals surface area contributed by atoms with Crippen LogP contribution >= 0.6 is 0 Å². The SMILES string of the molecule is Cc1nc(-c2nnn(C)c2/C=C/O[Si](C)(C)C)ccc1O[C@H]1CCC[C@H](C(=O)O)C1. The van der Waals surface area contributed by atoms with Crippen molar-refractivity contribution in [2.24, 2.45) is 13.0 Å². The minimum absolute atomic E-state index is 0.0973. The third-order valence-corrected chi connectivity index (χ3v) is 5.91. The molecular formula is C21H30N4O4Si. The fraction of sp³-hybridized carbons (Fsp3) is 0.524. The van der Waals surface area contributed by atoms with Gasteiger partial charge < -0.3 is 14.3 Å². The van der Waals surface area contributed by atoms with E-state index in [4.69, 9.17) is 9.16 Å². The third-order valence-electron chi connectivity index (χ3n) is 5.07. The van der Waals surface area contributed by atoms with Crippen LogP contribution in [0.5, 0.6) is 5.75 Å². The van der Waals surface area contributed by atoms with E-state index in [1.807, 2.05) is 32.2 Å². The summed E-state index contributed by atoms with van der Waals surface area (Å²) >= 11 is 0. The van der Waals surface area contributed by atoms with Crippen LogP contribution in [0.1, 0.15) is 37.1 Å². The monoisotopic (exact) mass is 430 g/mol. The molecule has 0 saturated heterocycles. The molecule has 2 heterocycles. The van der Waals surface area contributed by atoms with E-state index in [9.17, 15) is 9.90 Å². The van der Waals surface area contributed by atoms with Crippen molar-refractivity contribution in [3.63, 3.8) is 0 Å². The lowest BCUT2D eigenvalue weighted by molar-refractivity contribution is -0.143. The van der Waals surface area contributed by atoms with E-state index >= 15 is 0 Å². The molecule has 0 aromatic carbocycles. The van der Waals surface area contributed by atoms with Crippen molar-refractivity contribution in [2.45, 2.75) is 58.4 Å². The second kappa shape index (κ2) is 8.99. The summed E-state index contributed by atoms with van der Waals surface area (Å²) in [6.45, 7) is 8.24. The Bertz CT molecular complexity index is 936. The molecule has 8 nitrogen and oxygen atoms in total. The summed E-state index contributed by atoms with van der Waals surface area (Å²) < 4.78 is 13.6. The molecule has 2 aromatic heterocycles. The number of ether oxygens (including phenoxy) is 1. The third kappa shape index (κ3) is 5.47. The summed E-state index contributed by atoms with van der Waals surface area (Å²) in [5.74, 6) is -0.392. The van der Waals surface area contributed by atoms with Crippen molar-refractivity contribution in [2.75, 3.05) is 0 Å². The molecule has 30 heavy (non-hydrogen) atoms. The Hall–Kier alpha value is -2.68. The molecule has 0 aliphatic heterocycles. The molecule has 1 fully saturated rings. The van der Waals surface area contributed by atoms with Gasteiger partial charge in [0.1, 0.15) is 11.4 Å². The van der Waals surface area contributed by atoms with Gasteiger partial charge in [-0.15, -0.1) is 5.10 Å². The van der Waals surface area contributed by atoms with Crippen molar-refractivity contribution >= 4 is 20.4 Å². The Morgan fingerprint density at radius 1 is 1.30 bits per heavy atom. The maximum atomic E-state index is 11.3. The predicted molar refractivity (Wildman–Crippen MR) is 116 cm³/mol. The maximum Gasteiger partial charge on any atom is 0.306 e. The highest BCUT2D eigenvalue weighted by Crippen LogP contribution is 2.30. The van der Waals surface area contributed by atoms with Crippen molar-refractivity contribution in [1.29, 1.82) is 0 Å². The zero-order chi connectivity index (χ0) is 21.9.